The normalized spacial score (nSPS) is 21.5. The number of carboxylic acid groups (broad SMARTS) is 1. The zero-order chi connectivity index (χ0) is 30.7. The Morgan fingerprint density at radius 1 is 1.02 bits per heavy atom. The molecule has 1 aliphatic carbocycles. The number of aliphatic carboxylic acids is 1. The summed E-state index contributed by atoms with van der Waals surface area (Å²) in [6.07, 6.45) is 0.389. The van der Waals surface area contributed by atoms with Crippen molar-refractivity contribution < 1.29 is 41.7 Å². The third-order valence-corrected chi connectivity index (χ3v) is 7.61. The minimum absolute atomic E-state index is 0.0147. The van der Waals surface area contributed by atoms with E-state index in [1.165, 1.54) is 12.1 Å². The molecule has 0 atom stereocenters. The minimum Gasteiger partial charge on any atom is -0.478 e. The molecule has 0 saturated heterocycles. The van der Waals surface area contributed by atoms with Gasteiger partial charge in [-0.25, -0.2) is 14.3 Å². The average Bonchev–Trinajstić information content (AvgIpc) is 2.89. The Morgan fingerprint density at radius 2 is 1.69 bits per heavy atom. The summed E-state index contributed by atoms with van der Waals surface area (Å²) < 4.78 is 63.2. The summed E-state index contributed by atoms with van der Waals surface area (Å²) in [5.74, 6) is -1.28. The van der Waals surface area contributed by atoms with Gasteiger partial charge in [-0.15, -0.1) is 8.78 Å². The summed E-state index contributed by atoms with van der Waals surface area (Å²) in [7, 11) is 0. The molecule has 0 bridgehead atoms. The van der Waals surface area contributed by atoms with Crippen LogP contribution in [-0.2, 0) is 22.2 Å². The first-order valence-corrected chi connectivity index (χ1v) is 13.7. The topological polar surface area (TPSA) is 88.1 Å². The van der Waals surface area contributed by atoms with Crippen LogP contribution in [0.3, 0.4) is 0 Å². The maximum absolute atomic E-state index is 14.3. The molecule has 1 fully saturated rings. The molecule has 0 unspecified atom stereocenters. The first kappa shape index (κ1) is 31.1. The zero-order valence-corrected chi connectivity index (χ0v) is 23.6. The number of hydrogen-bond donors (Lipinski definition) is 2. The van der Waals surface area contributed by atoms with Crippen LogP contribution in [0.25, 0.3) is 6.08 Å². The smallest absolute Gasteiger partial charge is 0.478 e. The number of carbonyl (C=O) groups is 2. The number of ether oxygens (including phenoxy) is 2. The van der Waals surface area contributed by atoms with Crippen molar-refractivity contribution in [3.05, 3.63) is 77.4 Å². The van der Waals surface area contributed by atoms with Gasteiger partial charge < -0.3 is 20.1 Å². The lowest BCUT2D eigenvalue weighted by Crippen LogP contribution is -2.45. The summed E-state index contributed by atoms with van der Waals surface area (Å²) in [4.78, 5) is 25.9. The lowest BCUT2D eigenvalue weighted by molar-refractivity contribution is -0.461. The molecular formula is C31H34F4N2O5. The molecule has 11 heteroatoms. The second kappa shape index (κ2) is 12.2. The molecule has 0 radical (unpaired) electrons. The maximum Gasteiger partial charge on any atom is 0.540 e. The van der Waals surface area contributed by atoms with Crippen LogP contribution in [0.1, 0.15) is 63.1 Å². The Hall–Kier alpha value is -3.86. The Morgan fingerprint density at radius 3 is 2.31 bits per heavy atom. The fraction of sp³-hybridized carbons (Fsp3) is 0.419. The van der Waals surface area contributed by atoms with Crippen LogP contribution in [0.2, 0.25) is 0 Å². The molecule has 0 spiro atoms. The monoisotopic (exact) mass is 590 g/mol. The first-order valence-electron chi connectivity index (χ1n) is 13.7. The van der Waals surface area contributed by atoms with Crippen molar-refractivity contribution in [2.75, 3.05) is 5.32 Å². The van der Waals surface area contributed by atoms with E-state index in [1.807, 2.05) is 24.3 Å². The van der Waals surface area contributed by atoms with E-state index in [4.69, 9.17) is 5.11 Å². The highest BCUT2D eigenvalue weighted by molar-refractivity contribution is 5.90. The highest BCUT2D eigenvalue weighted by atomic mass is 19.3. The molecule has 2 N–H and O–H groups in total. The van der Waals surface area contributed by atoms with Gasteiger partial charge in [-0.3, -0.25) is 0 Å². The van der Waals surface area contributed by atoms with Crippen LogP contribution in [0, 0.1) is 11.3 Å². The quantitative estimate of drug-likeness (QED) is 0.194. The number of allylic oxidation sites excluding steroid dienone is 2. The van der Waals surface area contributed by atoms with E-state index < -0.39 is 35.7 Å². The summed E-state index contributed by atoms with van der Waals surface area (Å²) >= 11 is 0. The fourth-order valence-electron chi connectivity index (χ4n) is 5.33. The van der Waals surface area contributed by atoms with Gasteiger partial charge in [0.05, 0.1) is 5.56 Å². The largest absolute Gasteiger partial charge is 0.540 e. The standard InChI is InChI=1S/C31H34F4N2O5/c1-29(2,3)22-12-15-24(16-13-22)37(19-21-10-8-20(9-11-21)6-4-5-7-27(38)39)28(40)36-23-14-17-26-25(18-23)30(32,33)42-31(34,35)41-26/h4-11,14,17-18,22,24H,12-13,15-16,19H2,1-3H3,(H,36,40)(H,38,39)/b6-4+,7-5+. The van der Waals surface area contributed by atoms with Gasteiger partial charge in [0.1, 0.15) is 5.75 Å². The second-order valence-electron chi connectivity index (χ2n) is 11.6. The molecule has 226 valence electrons. The predicted octanol–water partition coefficient (Wildman–Crippen LogP) is 7.99. The van der Waals surface area contributed by atoms with E-state index in [2.05, 4.69) is 35.6 Å². The lowest BCUT2D eigenvalue weighted by atomic mass is 9.71. The summed E-state index contributed by atoms with van der Waals surface area (Å²) in [6.45, 7) is 6.85. The van der Waals surface area contributed by atoms with Crippen molar-refractivity contribution in [1.82, 2.24) is 4.90 Å². The first-order chi connectivity index (χ1) is 19.6. The minimum atomic E-state index is -4.48. The molecule has 0 aromatic heterocycles. The van der Waals surface area contributed by atoms with Gasteiger partial charge in [-0.1, -0.05) is 63.3 Å². The van der Waals surface area contributed by atoms with Crippen LogP contribution in [0.5, 0.6) is 5.75 Å². The number of alkyl halides is 4. The number of rotatable bonds is 7. The third-order valence-electron chi connectivity index (χ3n) is 7.61. The number of carboxylic acids is 1. The van der Waals surface area contributed by atoms with E-state index >= 15 is 0 Å². The number of amides is 2. The van der Waals surface area contributed by atoms with E-state index in [9.17, 15) is 27.2 Å². The SMILES string of the molecule is CC(C)(C)C1CCC(N(Cc2ccc(/C=C/C=C/C(=O)O)cc2)C(=O)Nc2ccc3c(c2)C(F)(F)OC(F)(F)O3)CC1. The van der Waals surface area contributed by atoms with Crippen molar-refractivity contribution in [2.24, 2.45) is 11.3 Å². The van der Waals surface area contributed by atoms with E-state index in [0.29, 0.717) is 5.92 Å². The van der Waals surface area contributed by atoms with Crippen molar-refractivity contribution in [1.29, 1.82) is 0 Å². The number of carbonyl (C=O) groups excluding carboxylic acids is 1. The Balaban J connectivity index is 1.53. The van der Waals surface area contributed by atoms with Gasteiger partial charge >= 0.3 is 24.4 Å². The highest BCUT2D eigenvalue weighted by Crippen LogP contribution is 2.47. The summed E-state index contributed by atoms with van der Waals surface area (Å²) in [5.41, 5.74) is 0.878. The van der Waals surface area contributed by atoms with Gasteiger partial charge in [0, 0.05) is 24.4 Å². The molecule has 7 nitrogen and oxygen atoms in total. The second-order valence-corrected chi connectivity index (χ2v) is 11.6. The van der Waals surface area contributed by atoms with Gasteiger partial charge in [-0.2, -0.15) is 8.78 Å². The van der Waals surface area contributed by atoms with Crippen molar-refractivity contribution in [2.45, 2.75) is 71.4 Å². The van der Waals surface area contributed by atoms with Gasteiger partial charge in [-0.05, 0) is 66.3 Å². The molecule has 4 rings (SSSR count). The Kier molecular flexibility index (Phi) is 9.01. The number of halogens is 4. The average molecular weight is 591 g/mol. The van der Waals surface area contributed by atoms with Crippen LogP contribution < -0.4 is 10.1 Å². The van der Waals surface area contributed by atoms with Gasteiger partial charge in [0.2, 0.25) is 0 Å². The van der Waals surface area contributed by atoms with Crippen LogP contribution in [0.4, 0.5) is 28.0 Å². The molecule has 1 heterocycles. The van der Waals surface area contributed by atoms with Crippen LogP contribution in [0.15, 0.2) is 60.7 Å². The molecule has 42 heavy (non-hydrogen) atoms. The Bertz CT molecular complexity index is 1340. The highest BCUT2D eigenvalue weighted by Gasteiger charge is 2.54. The molecule has 1 saturated carbocycles. The van der Waals surface area contributed by atoms with Gasteiger partial charge in [0.15, 0.2) is 0 Å². The Labute approximate surface area is 241 Å². The number of hydrogen-bond acceptors (Lipinski definition) is 4. The third kappa shape index (κ3) is 7.90. The van der Waals surface area contributed by atoms with E-state index in [1.54, 1.807) is 17.1 Å². The molecular weight excluding hydrogens is 556 g/mol. The number of nitrogens with zero attached hydrogens (tertiary/aromatic N) is 1. The van der Waals surface area contributed by atoms with Crippen molar-refractivity contribution >= 4 is 23.8 Å². The lowest BCUT2D eigenvalue weighted by Gasteiger charge is -2.41. The molecule has 1 aliphatic heterocycles. The molecule has 2 aromatic rings. The molecule has 2 amide bonds. The number of benzene rings is 2. The maximum atomic E-state index is 14.3. The van der Waals surface area contributed by atoms with Crippen LogP contribution >= 0.6 is 0 Å². The predicted molar refractivity (Wildman–Crippen MR) is 149 cm³/mol. The van der Waals surface area contributed by atoms with E-state index in [0.717, 1.165) is 55.0 Å². The number of nitrogens with one attached hydrogen (secondary N) is 1. The number of anilines is 1. The van der Waals surface area contributed by atoms with E-state index in [-0.39, 0.29) is 23.7 Å². The number of urea groups is 1. The van der Waals surface area contributed by atoms with Crippen LogP contribution in [-0.4, -0.2) is 34.3 Å². The zero-order valence-electron chi connectivity index (χ0n) is 23.6. The van der Waals surface area contributed by atoms with Crippen molar-refractivity contribution in [3.63, 3.8) is 0 Å². The number of fused-ring (bicyclic) bond motifs is 1. The fourth-order valence-corrected chi connectivity index (χ4v) is 5.33. The molecule has 2 aliphatic rings. The molecule has 2 aromatic carbocycles. The van der Waals surface area contributed by atoms with Crippen molar-refractivity contribution in [3.8, 4) is 5.75 Å². The summed E-state index contributed by atoms with van der Waals surface area (Å²) in [5, 5.41) is 11.3. The summed E-state index contributed by atoms with van der Waals surface area (Å²) in [6, 6.07) is 9.83. The van der Waals surface area contributed by atoms with Gasteiger partial charge in [0.25, 0.3) is 0 Å².